The predicted octanol–water partition coefficient (Wildman–Crippen LogP) is 3.36. The quantitative estimate of drug-likeness (QED) is 0.731. The molecule has 2 aromatic carbocycles. The number of hydrogen-bond acceptors (Lipinski definition) is 5. The first-order chi connectivity index (χ1) is 13.1. The highest BCUT2D eigenvalue weighted by molar-refractivity contribution is 6.00. The first kappa shape index (κ1) is 18.8. The number of para-hydroxylation sites is 1. The Labute approximate surface area is 158 Å². The van der Waals surface area contributed by atoms with Gasteiger partial charge in [-0.2, -0.15) is 0 Å². The van der Waals surface area contributed by atoms with Crippen molar-refractivity contribution in [3.63, 3.8) is 0 Å². The van der Waals surface area contributed by atoms with E-state index in [2.05, 4.69) is 0 Å². The molecule has 1 fully saturated rings. The molecule has 0 radical (unpaired) electrons. The molecule has 2 unspecified atom stereocenters. The summed E-state index contributed by atoms with van der Waals surface area (Å²) in [5, 5.41) is 0. The van der Waals surface area contributed by atoms with Crippen LogP contribution in [0.1, 0.15) is 24.9 Å². The van der Waals surface area contributed by atoms with E-state index in [9.17, 15) is 9.59 Å². The van der Waals surface area contributed by atoms with Gasteiger partial charge in [0.1, 0.15) is 0 Å². The first-order valence-corrected chi connectivity index (χ1v) is 8.86. The Morgan fingerprint density at radius 1 is 1.07 bits per heavy atom. The van der Waals surface area contributed by atoms with E-state index in [1.165, 1.54) is 0 Å². The summed E-state index contributed by atoms with van der Waals surface area (Å²) in [5.74, 6) is 0.0633. The number of methoxy groups -OCH3 is 2. The number of amides is 1. The molecule has 3 rings (SSSR count). The fraction of sp³-hybridized carbons (Fsp3) is 0.333. The lowest BCUT2D eigenvalue weighted by Gasteiger charge is -2.28. The van der Waals surface area contributed by atoms with Gasteiger partial charge in [-0.25, -0.2) is 0 Å². The second kappa shape index (κ2) is 8.12. The molecule has 2 aromatic rings. The zero-order valence-corrected chi connectivity index (χ0v) is 15.7. The summed E-state index contributed by atoms with van der Waals surface area (Å²) in [6, 6.07) is 14.3. The van der Waals surface area contributed by atoms with E-state index in [0.29, 0.717) is 11.5 Å². The summed E-state index contributed by atoms with van der Waals surface area (Å²) in [6.45, 7) is 2.03. The molecule has 1 aliphatic heterocycles. The number of anilines is 1. The Hall–Kier alpha value is -3.02. The van der Waals surface area contributed by atoms with Gasteiger partial charge in [0.25, 0.3) is 0 Å². The number of esters is 1. The van der Waals surface area contributed by atoms with Gasteiger partial charge in [-0.05, 0) is 36.8 Å². The molecule has 0 saturated carbocycles. The molecule has 1 amide bonds. The maximum absolute atomic E-state index is 12.8. The molecule has 2 atom stereocenters. The molecule has 0 bridgehead atoms. The van der Waals surface area contributed by atoms with Crippen LogP contribution in [-0.4, -0.2) is 32.7 Å². The number of carbonyl (C=O) groups is 2. The van der Waals surface area contributed by atoms with Crippen molar-refractivity contribution in [1.82, 2.24) is 0 Å². The van der Waals surface area contributed by atoms with E-state index in [1.54, 1.807) is 32.1 Å². The van der Waals surface area contributed by atoms with Crippen molar-refractivity contribution in [2.75, 3.05) is 25.7 Å². The SMILES string of the molecule is CCOC(=O)C1CC(=O)N(c2ccccc2)C1c1ccc(OC)c(OC)c1. The van der Waals surface area contributed by atoms with Gasteiger partial charge in [0.05, 0.1) is 32.8 Å². The van der Waals surface area contributed by atoms with Crippen LogP contribution >= 0.6 is 0 Å². The number of hydrogen-bond donors (Lipinski definition) is 0. The fourth-order valence-electron chi connectivity index (χ4n) is 3.51. The number of benzene rings is 2. The minimum Gasteiger partial charge on any atom is -0.493 e. The van der Waals surface area contributed by atoms with E-state index in [0.717, 1.165) is 11.3 Å². The van der Waals surface area contributed by atoms with Gasteiger partial charge in [0.15, 0.2) is 11.5 Å². The number of nitrogens with zero attached hydrogens (tertiary/aromatic N) is 1. The molecule has 0 aliphatic carbocycles. The second-order valence-electron chi connectivity index (χ2n) is 6.22. The van der Waals surface area contributed by atoms with Gasteiger partial charge < -0.3 is 19.1 Å². The number of ether oxygens (including phenoxy) is 3. The van der Waals surface area contributed by atoms with Crippen LogP contribution in [0, 0.1) is 5.92 Å². The summed E-state index contributed by atoms with van der Waals surface area (Å²) in [4.78, 5) is 27.1. The summed E-state index contributed by atoms with van der Waals surface area (Å²) >= 11 is 0. The van der Waals surface area contributed by atoms with Crippen LogP contribution in [-0.2, 0) is 14.3 Å². The molecular formula is C21H23NO5. The van der Waals surface area contributed by atoms with Crippen molar-refractivity contribution >= 4 is 17.6 Å². The topological polar surface area (TPSA) is 65.1 Å². The smallest absolute Gasteiger partial charge is 0.311 e. The van der Waals surface area contributed by atoms with Crippen LogP contribution in [0.15, 0.2) is 48.5 Å². The Bertz CT molecular complexity index is 821. The lowest BCUT2D eigenvalue weighted by atomic mass is 9.93. The van der Waals surface area contributed by atoms with E-state index in [-0.39, 0.29) is 24.9 Å². The Morgan fingerprint density at radius 2 is 1.78 bits per heavy atom. The summed E-state index contributed by atoms with van der Waals surface area (Å²) in [5.41, 5.74) is 1.54. The van der Waals surface area contributed by atoms with Crippen LogP contribution in [0.4, 0.5) is 5.69 Å². The van der Waals surface area contributed by atoms with Crippen molar-refractivity contribution in [2.45, 2.75) is 19.4 Å². The van der Waals surface area contributed by atoms with Crippen LogP contribution in [0.2, 0.25) is 0 Å². The maximum Gasteiger partial charge on any atom is 0.311 e. The van der Waals surface area contributed by atoms with Crippen LogP contribution in [0.25, 0.3) is 0 Å². The average Bonchev–Trinajstić information content (AvgIpc) is 3.05. The van der Waals surface area contributed by atoms with Crippen LogP contribution in [0.3, 0.4) is 0 Å². The second-order valence-corrected chi connectivity index (χ2v) is 6.22. The predicted molar refractivity (Wildman–Crippen MR) is 101 cm³/mol. The molecule has 6 nitrogen and oxygen atoms in total. The first-order valence-electron chi connectivity index (χ1n) is 8.86. The molecule has 1 heterocycles. The van der Waals surface area contributed by atoms with Crippen LogP contribution < -0.4 is 14.4 Å². The molecule has 1 saturated heterocycles. The van der Waals surface area contributed by atoms with Gasteiger partial charge >= 0.3 is 5.97 Å². The molecular weight excluding hydrogens is 346 g/mol. The Balaban J connectivity index is 2.09. The summed E-state index contributed by atoms with van der Waals surface area (Å²) in [7, 11) is 3.12. The van der Waals surface area contributed by atoms with Crippen molar-refractivity contribution in [1.29, 1.82) is 0 Å². The summed E-state index contributed by atoms with van der Waals surface area (Å²) < 4.78 is 15.9. The Kier molecular flexibility index (Phi) is 5.64. The zero-order chi connectivity index (χ0) is 19.4. The highest BCUT2D eigenvalue weighted by Gasteiger charge is 2.46. The van der Waals surface area contributed by atoms with Gasteiger partial charge in [0.2, 0.25) is 5.91 Å². The Morgan fingerprint density at radius 3 is 2.41 bits per heavy atom. The number of carbonyl (C=O) groups excluding carboxylic acids is 2. The fourth-order valence-corrected chi connectivity index (χ4v) is 3.51. The highest BCUT2D eigenvalue weighted by Crippen LogP contribution is 2.43. The lowest BCUT2D eigenvalue weighted by molar-refractivity contribution is -0.148. The monoisotopic (exact) mass is 369 g/mol. The van der Waals surface area contributed by atoms with Crippen molar-refractivity contribution in [3.05, 3.63) is 54.1 Å². The molecule has 0 spiro atoms. The lowest BCUT2D eigenvalue weighted by Crippen LogP contribution is -2.31. The largest absolute Gasteiger partial charge is 0.493 e. The summed E-state index contributed by atoms with van der Waals surface area (Å²) in [6.07, 6.45) is 0.104. The van der Waals surface area contributed by atoms with E-state index >= 15 is 0 Å². The van der Waals surface area contributed by atoms with E-state index in [4.69, 9.17) is 14.2 Å². The zero-order valence-electron chi connectivity index (χ0n) is 15.7. The molecule has 0 N–H and O–H groups in total. The van der Waals surface area contributed by atoms with Gasteiger partial charge in [-0.15, -0.1) is 0 Å². The van der Waals surface area contributed by atoms with Crippen LogP contribution in [0.5, 0.6) is 11.5 Å². The molecule has 6 heteroatoms. The molecule has 1 aliphatic rings. The van der Waals surface area contributed by atoms with Crippen molar-refractivity contribution < 1.29 is 23.8 Å². The third kappa shape index (κ3) is 3.60. The van der Waals surface area contributed by atoms with Gasteiger partial charge in [-0.1, -0.05) is 24.3 Å². The average molecular weight is 369 g/mol. The number of rotatable bonds is 6. The normalized spacial score (nSPS) is 19.1. The van der Waals surface area contributed by atoms with Crippen molar-refractivity contribution in [3.8, 4) is 11.5 Å². The van der Waals surface area contributed by atoms with E-state index < -0.39 is 12.0 Å². The van der Waals surface area contributed by atoms with E-state index in [1.807, 2.05) is 42.5 Å². The van der Waals surface area contributed by atoms with Crippen molar-refractivity contribution in [2.24, 2.45) is 5.92 Å². The minimum atomic E-state index is -0.587. The standard InChI is InChI=1S/C21H23NO5/c1-4-27-21(24)16-13-19(23)22(15-8-6-5-7-9-15)20(16)14-10-11-17(25-2)18(12-14)26-3/h5-12,16,20H,4,13H2,1-3H3. The third-order valence-electron chi connectivity index (χ3n) is 4.70. The molecule has 0 aromatic heterocycles. The minimum absolute atomic E-state index is 0.104. The third-order valence-corrected chi connectivity index (χ3v) is 4.70. The van der Waals surface area contributed by atoms with Gasteiger partial charge in [0, 0.05) is 12.1 Å². The highest BCUT2D eigenvalue weighted by atomic mass is 16.5. The maximum atomic E-state index is 12.8. The molecule has 142 valence electrons. The van der Waals surface area contributed by atoms with Gasteiger partial charge in [-0.3, -0.25) is 9.59 Å². The molecule has 27 heavy (non-hydrogen) atoms.